The molecule has 0 aliphatic carbocycles. The van der Waals surface area contributed by atoms with E-state index in [0.29, 0.717) is 23.0 Å². The summed E-state index contributed by atoms with van der Waals surface area (Å²) < 4.78 is 42.5. The molecular formula is C15H10Cl2F3N3O2. The van der Waals surface area contributed by atoms with Crippen LogP contribution in [0.5, 0.6) is 0 Å². The van der Waals surface area contributed by atoms with E-state index >= 15 is 0 Å². The van der Waals surface area contributed by atoms with Crippen LogP contribution in [0.3, 0.4) is 0 Å². The second kappa shape index (κ2) is 7.71. The molecule has 0 spiro atoms. The third-order valence-corrected chi connectivity index (χ3v) is 3.43. The molecule has 0 atom stereocenters. The molecule has 0 unspecified atom stereocenters. The van der Waals surface area contributed by atoms with E-state index in [1.54, 1.807) is 24.3 Å². The molecule has 2 rings (SSSR count). The second-order valence-electron chi connectivity index (χ2n) is 4.74. The maximum Gasteiger partial charge on any atom is 0.417 e. The highest BCUT2D eigenvalue weighted by Crippen LogP contribution is 2.31. The van der Waals surface area contributed by atoms with Crippen LogP contribution in [0.25, 0.3) is 0 Å². The Morgan fingerprint density at radius 2 is 1.88 bits per heavy atom. The number of nitrogens with one attached hydrogen (secondary N) is 2. The average molecular weight is 392 g/mol. The number of rotatable bonds is 4. The number of nitrogens with zero attached hydrogens (tertiary/aromatic N) is 1. The monoisotopic (exact) mass is 391 g/mol. The summed E-state index contributed by atoms with van der Waals surface area (Å²) >= 11 is 11.4. The Morgan fingerprint density at radius 1 is 1.24 bits per heavy atom. The molecule has 0 radical (unpaired) electrons. The number of halogens is 5. The summed E-state index contributed by atoms with van der Waals surface area (Å²) in [6.45, 7) is -0.516. The molecule has 2 aromatic rings. The maximum atomic E-state index is 12.5. The van der Waals surface area contributed by atoms with Gasteiger partial charge in [-0.15, -0.1) is 0 Å². The molecule has 0 aliphatic rings. The van der Waals surface area contributed by atoms with Crippen molar-refractivity contribution in [3.8, 4) is 0 Å². The third kappa shape index (κ3) is 5.33. The number of carbonyl (C=O) groups excluding carboxylic acids is 1. The Hall–Kier alpha value is -2.32. The molecule has 1 aromatic carbocycles. The number of aromatic nitrogens is 1. The summed E-state index contributed by atoms with van der Waals surface area (Å²) in [5.41, 5.74) is -1.15. The van der Waals surface area contributed by atoms with E-state index in [4.69, 9.17) is 33.3 Å². The lowest BCUT2D eigenvalue weighted by molar-refractivity contribution is -0.137. The van der Waals surface area contributed by atoms with Gasteiger partial charge in [0.05, 0.1) is 16.3 Å². The van der Waals surface area contributed by atoms with Crippen LogP contribution in [-0.4, -0.2) is 23.4 Å². The Kier molecular flexibility index (Phi) is 5.86. The molecule has 0 fully saturated rings. The summed E-state index contributed by atoms with van der Waals surface area (Å²) in [4.78, 5) is 15.2. The van der Waals surface area contributed by atoms with Crippen molar-refractivity contribution in [2.24, 2.45) is 0 Å². The third-order valence-electron chi connectivity index (χ3n) is 2.89. The van der Waals surface area contributed by atoms with E-state index in [9.17, 15) is 18.0 Å². The molecule has 0 aliphatic heterocycles. The van der Waals surface area contributed by atoms with Crippen molar-refractivity contribution >= 4 is 40.7 Å². The van der Waals surface area contributed by atoms with Gasteiger partial charge in [0, 0.05) is 16.9 Å². The molecule has 1 heterocycles. The lowest BCUT2D eigenvalue weighted by atomic mass is 10.2. The first-order valence-electron chi connectivity index (χ1n) is 6.66. The number of hydrogen-bond acceptors (Lipinski definition) is 4. The van der Waals surface area contributed by atoms with Crippen molar-refractivity contribution in [2.75, 3.05) is 11.9 Å². The van der Waals surface area contributed by atoms with Gasteiger partial charge in [-0.2, -0.15) is 13.2 Å². The molecule has 1 aromatic heterocycles. The van der Waals surface area contributed by atoms with Gasteiger partial charge in [0.25, 0.3) is 0 Å². The standard InChI is InChI=1S/C15H10Cl2F3N3O2/c16-9-1-3-10(4-2-9)23-14(24)25-7-12(21)13-11(17)5-8(6-22-13)15(18,19)20/h1-6,21H,7H2,(H,23,24). The Balaban J connectivity index is 1.95. The van der Waals surface area contributed by atoms with E-state index < -0.39 is 24.4 Å². The molecule has 1 amide bonds. The summed E-state index contributed by atoms with van der Waals surface area (Å²) in [5.74, 6) is 0. The minimum Gasteiger partial charge on any atom is -0.443 e. The Labute approximate surface area is 150 Å². The van der Waals surface area contributed by atoms with Crippen LogP contribution < -0.4 is 5.32 Å². The number of anilines is 1. The molecule has 0 saturated heterocycles. The van der Waals surface area contributed by atoms with E-state index in [2.05, 4.69) is 10.3 Å². The van der Waals surface area contributed by atoms with Gasteiger partial charge in [-0.3, -0.25) is 15.7 Å². The van der Waals surface area contributed by atoms with Crippen LogP contribution in [-0.2, 0) is 10.9 Å². The van der Waals surface area contributed by atoms with E-state index in [-0.39, 0.29) is 16.4 Å². The number of benzene rings is 1. The quantitative estimate of drug-likeness (QED) is 0.718. The van der Waals surface area contributed by atoms with Crippen LogP contribution in [0.4, 0.5) is 23.7 Å². The SMILES string of the molecule is N=C(COC(=O)Nc1ccc(Cl)cc1)c1ncc(C(F)(F)F)cc1Cl. The minimum absolute atomic E-state index is 0.200. The molecule has 25 heavy (non-hydrogen) atoms. The lowest BCUT2D eigenvalue weighted by Crippen LogP contribution is -2.20. The molecular weight excluding hydrogens is 382 g/mol. The zero-order valence-electron chi connectivity index (χ0n) is 12.3. The molecule has 5 nitrogen and oxygen atoms in total. The number of hydrogen-bond donors (Lipinski definition) is 2. The largest absolute Gasteiger partial charge is 0.443 e. The number of carbonyl (C=O) groups is 1. The van der Waals surface area contributed by atoms with Crippen LogP contribution in [0.1, 0.15) is 11.3 Å². The van der Waals surface area contributed by atoms with Crippen LogP contribution >= 0.6 is 23.2 Å². The topological polar surface area (TPSA) is 75.1 Å². The second-order valence-corrected chi connectivity index (χ2v) is 5.58. The normalized spacial score (nSPS) is 11.1. The minimum atomic E-state index is -4.59. The summed E-state index contributed by atoms with van der Waals surface area (Å²) in [7, 11) is 0. The van der Waals surface area contributed by atoms with Crippen molar-refractivity contribution in [2.45, 2.75) is 6.18 Å². The van der Waals surface area contributed by atoms with Gasteiger partial charge in [-0.1, -0.05) is 23.2 Å². The van der Waals surface area contributed by atoms with Crippen molar-refractivity contribution in [3.63, 3.8) is 0 Å². The smallest absolute Gasteiger partial charge is 0.417 e. The Morgan fingerprint density at radius 3 is 2.44 bits per heavy atom. The zero-order chi connectivity index (χ0) is 18.6. The molecule has 132 valence electrons. The number of pyridine rings is 1. The summed E-state index contributed by atoms with van der Waals surface area (Å²) in [5, 5.41) is 10.3. The first-order valence-corrected chi connectivity index (χ1v) is 7.42. The fraction of sp³-hybridized carbons (Fsp3) is 0.133. The number of alkyl halides is 3. The lowest BCUT2D eigenvalue weighted by Gasteiger charge is -2.11. The maximum absolute atomic E-state index is 12.5. The van der Waals surface area contributed by atoms with Gasteiger partial charge < -0.3 is 4.74 Å². The molecule has 10 heteroatoms. The van der Waals surface area contributed by atoms with Crippen molar-refractivity contribution in [1.29, 1.82) is 5.41 Å². The molecule has 0 saturated carbocycles. The average Bonchev–Trinajstić information content (AvgIpc) is 2.54. The van der Waals surface area contributed by atoms with Crippen molar-refractivity contribution in [3.05, 3.63) is 57.8 Å². The fourth-order valence-electron chi connectivity index (χ4n) is 1.71. The van der Waals surface area contributed by atoms with Crippen molar-refractivity contribution < 1.29 is 22.7 Å². The highest BCUT2D eigenvalue weighted by molar-refractivity contribution is 6.33. The molecule has 2 N–H and O–H groups in total. The van der Waals surface area contributed by atoms with Gasteiger partial charge in [-0.25, -0.2) is 4.79 Å². The van der Waals surface area contributed by atoms with Crippen molar-refractivity contribution in [1.82, 2.24) is 4.98 Å². The van der Waals surface area contributed by atoms with Crippen LogP contribution in [0.15, 0.2) is 36.5 Å². The Bertz CT molecular complexity index is 796. The predicted octanol–water partition coefficient (Wildman–Crippen LogP) is 5.02. The van der Waals surface area contributed by atoms with E-state index in [1.165, 1.54) is 0 Å². The highest BCUT2D eigenvalue weighted by atomic mass is 35.5. The fourth-order valence-corrected chi connectivity index (χ4v) is 2.11. The first kappa shape index (κ1) is 19.0. The molecule has 0 bridgehead atoms. The van der Waals surface area contributed by atoms with E-state index in [1.807, 2.05) is 0 Å². The van der Waals surface area contributed by atoms with Gasteiger partial charge in [0.15, 0.2) is 0 Å². The first-order chi connectivity index (χ1) is 11.7. The zero-order valence-corrected chi connectivity index (χ0v) is 13.8. The van der Waals surface area contributed by atoms with Gasteiger partial charge in [0.1, 0.15) is 12.3 Å². The number of ether oxygens (including phenoxy) is 1. The van der Waals surface area contributed by atoms with Gasteiger partial charge in [-0.05, 0) is 30.3 Å². The van der Waals surface area contributed by atoms with Crippen LogP contribution in [0, 0.1) is 5.41 Å². The predicted molar refractivity (Wildman–Crippen MR) is 87.5 cm³/mol. The van der Waals surface area contributed by atoms with Gasteiger partial charge >= 0.3 is 12.3 Å². The van der Waals surface area contributed by atoms with Crippen LogP contribution in [0.2, 0.25) is 10.0 Å². The summed E-state index contributed by atoms with van der Waals surface area (Å²) in [6, 6.07) is 6.87. The van der Waals surface area contributed by atoms with Gasteiger partial charge in [0.2, 0.25) is 0 Å². The number of amides is 1. The van der Waals surface area contributed by atoms with E-state index in [0.717, 1.165) is 0 Å². The highest BCUT2D eigenvalue weighted by Gasteiger charge is 2.31. The summed E-state index contributed by atoms with van der Waals surface area (Å²) in [6.07, 6.45) is -4.88.